The Morgan fingerprint density at radius 3 is 2.63 bits per heavy atom. The molecule has 1 aliphatic heterocycles. The molecule has 1 atom stereocenters. The van der Waals surface area contributed by atoms with Crippen LogP contribution >= 0.6 is 0 Å². The van der Waals surface area contributed by atoms with Crippen LogP contribution in [0, 0.1) is 13.8 Å². The fraction of sp³-hybridized carbons (Fsp3) is 0.474. The van der Waals surface area contributed by atoms with Crippen molar-refractivity contribution in [3.05, 3.63) is 47.3 Å². The van der Waals surface area contributed by atoms with Gasteiger partial charge in [-0.15, -0.1) is 0 Å². The number of hydrogen-bond acceptors (Lipinski definition) is 5. The molecule has 1 aromatic heterocycles. The second-order valence-electron chi connectivity index (χ2n) is 7.00. The van der Waals surface area contributed by atoms with Crippen molar-refractivity contribution >= 4 is 15.7 Å². The second-order valence-corrected chi connectivity index (χ2v) is 9.23. The highest BCUT2D eigenvalue weighted by Gasteiger charge is 2.31. The number of carbonyl (C=O) groups is 1. The summed E-state index contributed by atoms with van der Waals surface area (Å²) in [7, 11) is -1.25. The third-order valence-corrected chi connectivity index (χ3v) is 6.71. The van der Waals surface area contributed by atoms with Crippen molar-refractivity contribution < 1.29 is 17.9 Å². The molecule has 2 aromatic rings. The van der Waals surface area contributed by atoms with E-state index in [0.29, 0.717) is 18.7 Å². The predicted molar refractivity (Wildman–Crippen MR) is 102 cm³/mol. The predicted octanol–water partition coefficient (Wildman–Crippen LogP) is 1.90. The highest BCUT2D eigenvalue weighted by atomic mass is 32.2. The zero-order valence-electron chi connectivity index (χ0n) is 15.9. The fourth-order valence-corrected chi connectivity index (χ4v) is 5.04. The summed E-state index contributed by atoms with van der Waals surface area (Å²) in [6.45, 7) is 4.20. The van der Waals surface area contributed by atoms with E-state index in [1.54, 1.807) is 24.1 Å². The van der Waals surface area contributed by atoms with Gasteiger partial charge in [0.2, 0.25) is 0 Å². The third-order valence-electron chi connectivity index (χ3n) is 4.96. The van der Waals surface area contributed by atoms with Crippen molar-refractivity contribution in [1.29, 1.82) is 0 Å². The number of carbonyl (C=O) groups excluding carboxylic acids is 1. The molecule has 1 saturated heterocycles. The minimum atomic E-state index is -2.98. The van der Waals surface area contributed by atoms with Gasteiger partial charge in [0.25, 0.3) is 5.91 Å². The number of benzene rings is 1. The van der Waals surface area contributed by atoms with Crippen molar-refractivity contribution in [2.75, 3.05) is 25.2 Å². The molecule has 1 aromatic carbocycles. The topological polar surface area (TPSA) is 81.5 Å². The molecule has 0 spiro atoms. The van der Waals surface area contributed by atoms with Gasteiger partial charge in [-0.1, -0.05) is 18.2 Å². The molecule has 8 heteroatoms. The maximum Gasteiger partial charge on any atom is 0.260 e. The standard InChI is InChI=1S/C19H25N3O4S/c1-14-18(15(2)22(20-14)16-9-10-27(24,25)13-16)11-21(3)19(23)12-26-17-7-5-4-6-8-17/h4-8,16H,9-13H2,1-3H3/t16-/m1/s1. The van der Waals surface area contributed by atoms with Gasteiger partial charge in [0.05, 0.1) is 23.2 Å². The van der Waals surface area contributed by atoms with Gasteiger partial charge in [0, 0.05) is 24.8 Å². The molecule has 0 aliphatic carbocycles. The van der Waals surface area contributed by atoms with E-state index in [9.17, 15) is 13.2 Å². The summed E-state index contributed by atoms with van der Waals surface area (Å²) < 4.78 is 30.9. The number of rotatable bonds is 6. The lowest BCUT2D eigenvalue weighted by Crippen LogP contribution is -2.31. The number of amides is 1. The average Bonchev–Trinajstić information content (AvgIpc) is 3.13. The molecule has 27 heavy (non-hydrogen) atoms. The molecule has 3 rings (SSSR count). The number of nitrogens with zero attached hydrogens (tertiary/aromatic N) is 3. The number of hydrogen-bond donors (Lipinski definition) is 0. The molecule has 1 fully saturated rings. The first-order chi connectivity index (χ1) is 12.8. The summed E-state index contributed by atoms with van der Waals surface area (Å²) in [5.74, 6) is 0.866. The average molecular weight is 391 g/mol. The van der Waals surface area contributed by atoms with E-state index < -0.39 is 9.84 Å². The first-order valence-electron chi connectivity index (χ1n) is 8.93. The van der Waals surface area contributed by atoms with Crippen molar-refractivity contribution in [1.82, 2.24) is 14.7 Å². The smallest absolute Gasteiger partial charge is 0.260 e. The van der Waals surface area contributed by atoms with Crippen LogP contribution in [0.4, 0.5) is 0 Å². The number of para-hydroxylation sites is 1. The van der Waals surface area contributed by atoms with Crippen LogP contribution in [0.5, 0.6) is 5.75 Å². The summed E-state index contributed by atoms with van der Waals surface area (Å²) >= 11 is 0. The van der Waals surface area contributed by atoms with Crippen LogP contribution in [0.25, 0.3) is 0 Å². The van der Waals surface area contributed by atoms with Gasteiger partial charge in [-0.25, -0.2) is 8.42 Å². The molecule has 0 radical (unpaired) electrons. The molecule has 146 valence electrons. The van der Waals surface area contributed by atoms with Crippen molar-refractivity contribution in [3.63, 3.8) is 0 Å². The number of ether oxygens (including phenoxy) is 1. The SMILES string of the molecule is Cc1nn([C@@H]2CCS(=O)(=O)C2)c(C)c1CN(C)C(=O)COc1ccccc1. The number of sulfone groups is 1. The van der Waals surface area contributed by atoms with E-state index in [4.69, 9.17) is 4.74 Å². The Morgan fingerprint density at radius 1 is 1.30 bits per heavy atom. The van der Waals surface area contributed by atoms with Crippen LogP contribution in [0.15, 0.2) is 30.3 Å². The van der Waals surface area contributed by atoms with Crippen LogP contribution < -0.4 is 4.74 Å². The molecule has 0 unspecified atom stereocenters. The maximum atomic E-state index is 12.4. The fourth-order valence-electron chi connectivity index (χ4n) is 3.35. The summed E-state index contributed by atoms with van der Waals surface area (Å²) in [4.78, 5) is 14.0. The summed E-state index contributed by atoms with van der Waals surface area (Å²) in [6.07, 6.45) is 0.587. The number of aryl methyl sites for hydroxylation is 1. The minimum absolute atomic E-state index is 0.0341. The largest absolute Gasteiger partial charge is 0.484 e. The minimum Gasteiger partial charge on any atom is -0.484 e. The van der Waals surface area contributed by atoms with Gasteiger partial charge in [-0.2, -0.15) is 5.10 Å². The zero-order chi connectivity index (χ0) is 19.6. The maximum absolute atomic E-state index is 12.4. The van der Waals surface area contributed by atoms with Crippen LogP contribution in [-0.4, -0.2) is 54.2 Å². The Labute approximate surface area is 159 Å². The molecular formula is C19H25N3O4S. The molecule has 1 amide bonds. The first-order valence-corrected chi connectivity index (χ1v) is 10.8. The van der Waals surface area contributed by atoms with Crippen molar-refractivity contribution in [2.24, 2.45) is 0 Å². The highest BCUT2D eigenvalue weighted by molar-refractivity contribution is 7.91. The summed E-state index contributed by atoms with van der Waals surface area (Å²) in [5.41, 5.74) is 2.69. The van der Waals surface area contributed by atoms with Crippen molar-refractivity contribution in [2.45, 2.75) is 32.9 Å². The monoisotopic (exact) mass is 391 g/mol. The quantitative estimate of drug-likeness (QED) is 0.751. The Kier molecular flexibility index (Phi) is 5.55. The van der Waals surface area contributed by atoms with E-state index in [1.807, 2.05) is 36.7 Å². The van der Waals surface area contributed by atoms with Gasteiger partial charge in [-0.05, 0) is 32.4 Å². The third kappa shape index (κ3) is 4.50. The molecule has 0 N–H and O–H groups in total. The van der Waals surface area contributed by atoms with Crippen LogP contribution in [0.1, 0.15) is 29.4 Å². The van der Waals surface area contributed by atoms with Crippen LogP contribution in [0.3, 0.4) is 0 Å². The lowest BCUT2D eigenvalue weighted by molar-refractivity contribution is -0.132. The number of likely N-dealkylation sites (N-methyl/N-ethyl adjacent to an activating group) is 1. The van der Waals surface area contributed by atoms with E-state index in [2.05, 4.69) is 5.10 Å². The Bertz CT molecular complexity index is 922. The molecule has 0 bridgehead atoms. The molecular weight excluding hydrogens is 366 g/mol. The molecule has 1 aliphatic rings. The zero-order valence-corrected chi connectivity index (χ0v) is 16.7. The molecule has 7 nitrogen and oxygen atoms in total. The second kappa shape index (κ2) is 7.72. The van der Waals surface area contributed by atoms with E-state index >= 15 is 0 Å². The Morgan fingerprint density at radius 2 is 2.00 bits per heavy atom. The first kappa shape index (κ1) is 19.4. The van der Waals surface area contributed by atoms with E-state index in [1.165, 1.54) is 0 Å². The highest BCUT2D eigenvalue weighted by Crippen LogP contribution is 2.27. The lowest BCUT2D eigenvalue weighted by Gasteiger charge is -2.18. The van der Waals surface area contributed by atoms with Gasteiger partial charge in [-0.3, -0.25) is 9.48 Å². The molecule has 2 heterocycles. The van der Waals surface area contributed by atoms with E-state index in [-0.39, 0.29) is 30.1 Å². The summed E-state index contributed by atoms with van der Waals surface area (Å²) in [6, 6.07) is 9.09. The number of aromatic nitrogens is 2. The normalized spacial score (nSPS) is 18.4. The molecule has 0 saturated carbocycles. The Hall–Kier alpha value is -2.35. The van der Waals surface area contributed by atoms with Gasteiger partial charge in [0.1, 0.15) is 5.75 Å². The van der Waals surface area contributed by atoms with Gasteiger partial charge < -0.3 is 9.64 Å². The van der Waals surface area contributed by atoms with Gasteiger partial charge in [0.15, 0.2) is 16.4 Å². The Balaban J connectivity index is 1.65. The lowest BCUT2D eigenvalue weighted by atomic mass is 10.1. The van der Waals surface area contributed by atoms with Crippen molar-refractivity contribution in [3.8, 4) is 5.75 Å². The van der Waals surface area contributed by atoms with Crippen LogP contribution in [-0.2, 0) is 21.2 Å². The summed E-state index contributed by atoms with van der Waals surface area (Å²) in [5, 5.41) is 4.55. The van der Waals surface area contributed by atoms with E-state index in [0.717, 1.165) is 17.0 Å². The van der Waals surface area contributed by atoms with Crippen LogP contribution in [0.2, 0.25) is 0 Å². The van der Waals surface area contributed by atoms with Gasteiger partial charge >= 0.3 is 0 Å².